The number of nitrogens with one attached hydrogen (secondary N) is 1. The first-order valence-electron chi connectivity index (χ1n) is 8.97. The summed E-state index contributed by atoms with van der Waals surface area (Å²) in [5, 5.41) is 4.52. The quantitative estimate of drug-likeness (QED) is 0.761. The largest absolute Gasteiger partial charge is 0.333 e. The van der Waals surface area contributed by atoms with E-state index in [1.54, 1.807) is 18.3 Å². The first-order valence-corrected chi connectivity index (χ1v) is 9.73. The van der Waals surface area contributed by atoms with E-state index in [1.165, 1.54) is 0 Å². The Morgan fingerprint density at radius 3 is 2.78 bits per heavy atom. The van der Waals surface area contributed by atoms with Gasteiger partial charge in [-0.3, -0.25) is 9.78 Å². The summed E-state index contributed by atoms with van der Waals surface area (Å²) in [5.74, 6) is 0.0757. The summed E-state index contributed by atoms with van der Waals surface area (Å²) >= 11 is 12.2. The average molecular weight is 429 g/mol. The standard InChI is InChI=1S/C20H23Cl2N3O.ClH/c21-16-7-6-15(19(22)13-16)12-20(26)25(14-17-4-1-2-10-24-17)18-5-3-9-23-11-8-18;/h1-2,4,6-7,10,13,18,23H,3,5,8-9,11-12,14H2;1H. The van der Waals surface area contributed by atoms with Gasteiger partial charge in [0.1, 0.15) is 0 Å². The summed E-state index contributed by atoms with van der Waals surface area (Å²) in [6.45, 7) is 2.46. The van der Waals surface area contributed by atoms with Crippen molar-refractivity contribution in [2.75, 3.05) is 13.1 Å². The second-order valence-electron chi connectivity index (χ2n) is 6.59. The van der Waals surface area contributed by atoms with Gasteiger partial charge in [-0.2, -0.15) is 0 Å². The Labute approximate surface area is 176 Å². The molecule has 1 fully saturated rings. The van der Waals surface area contributed by atoms with E-state index in [9.17, 15) is 4.79 Å². The van der Waals surface area contributed by atoms with Crippen LogP contribution >= 0.6 is 35.6 Å². The zero-order chi connectivity index (χ0) is 18.4. The van der Waals surface area contributed by atoms with Crippen LogP contribution in [0.5, 0.6) is 0 Å². The lowest BCUT2D eigenvalue weighted by molar-refractivity contribution is -0.133. The fourth-order valence-corrected chi connectivity index (χ4v) is 3.80. The van der Waals surface area contributed by atoms with Gasteiger partial charge in [0.25, 0.3) is 0 Å². The fraction of sp³-hybridized carbons (Fsp3) is 0.400. The smallest absolute Gasteiger partial charge is 0.227 e. The van der Waals surface area contributed by atoms with Gasteiger partial charge in [-0.1, -0.05) is 35.3 Å². The van der Waals surface area contributed by atoms with Gasteiger partial charge in [0.15, 0.2) is 0 Å². The molecule has 1 unspecified atom stereocenters. The molecular formula is C20H24Cl3N3O. The van der Waals surface area contributed by atoms with Crippen molar-refractivity contribution in [2.24, 2.45) is 0 Å². The van der Waals surface area contributed by atoms with Crippen LogP contribution in [0, 0.1) is 0 Å². The lowest BCUT2D eigenvalue weighted by Crippen LogP contribution is -2.41. The van der Waals surface area contributed by atoms with Crippen LogP contribution in [0.3, 0.4) is 0 Å². The molecule has 1 aliphatic heterocycles. The summed E-state index contributed by atoms with van der Waals surface area (Å²) < 4.78 is 0. The van der Waals surface area contributed by atoms with Crippen LogP contribution < -0.4 is 5.32 Å². The van der Waals surface area contributed by atoms with Crippen molar-refractivity contribution >= 4 is 41.5 Å². The molecule has 2 heterocycles. The number of pyridine rings is 1. The first-order chi connectivity index (χ1) is 12.6. The number of hydrogen-bond acceptors (Lipinski definition) is 3. The molecule has 3 rings (SSSR count). The highest BCUT2D eigenvalue weighted by Crippen LogP contribution is 2.24. The van der Waals surface area contributed by atoms with Gasteiger partial charge in [-0.15, -0.1) is 12.4 Å². The minimum absolute atomic E-state index is 0. The van der Waals surface area contributed by atoms with Crippen LogP contribution in [-0.4, -0.2) is 34.9 Å². The molecule has 1 atom stereocenters. The molecule has 0 aliphatic carbocycles. The molecule has 1 saturated heterocycles. The number of amides is 1. The monoisotopic (exact) mass is 427 g/mol. The van der Waals surface area contributed by atoms with E-state index in [0.29, 0.717) is 16.6 Å². The number of halogens is 3. The lowest BCUT2D eigenvalue weighted by atomic mass is 10.0. The molecule has 1 amide bonds. The summed E-state index contributed by atoms with van der Waals surface area (Å²) in [7, 11) is 0. The molecule has 0 spiro atoms. The Morgan fingerprint density at radius 2 is 2.04 bits per heavy atom. The molecule has 2 aromatic rings. The van der Waals surface area contributed by atoms with Crippen molar-refractivity contribution in [3.63, 3.8) is 0 Å². The minimum atomic E-state index is 0. The lowest BCUT2D eigenvalue weighted by Gasteiger charge is -2.31. The molecule has 7 heteroatoms. The molecule has 1 aliphatic rings. The highest BCUT2D eigenvalue weighted by atomic mass is 35.5. The van der Waals surface area contributed by atoms with E-state index in [2.05, 4.69) is 10.3 Å². The van der Waals surface area contributed by atoms with Gasteiger partial charge < -0.3 is 10.2 Å². The van der Waals surface area contributed by atoms with Crippen molar-refractivity contribution in [2.45, 2.75) is 38.3 Å². The van der Waals surface area contributed by atoms with Crippen LogP contribution in [0.4, 0.5) is 0 Å². The molecule has 1 aromatic carbocycles. The Kier molecular flexibility index (Phi) is 8.84. The summed E-state index contributed by atoms with van der Waals surface area (Å²) in [6.07, 6.45) is 5.06. The molecule has 4 nitrogen and oxygen atoms in total. The Morgan fingerprint density at radius 1 is 1.19 bits per heavy atom. The van der Waals surface area contributed by atoms with Gasteiger partial charge in [-0.05, 0) is 62.2 Å². The Balaban J connectivity index is 0.00000261. The number of carbonyl (C=O) groups excluding carboxylic acids is 1. The number of aromatic nitrogens is 1. The van der Waals surface area contributed by atoms with Crippen LogP contribution in [-0.2, 0) is 17.8 Å². The van der Waals surface area contributed by atoms with E-state index in [1.807, 2.05) is 29.2 Å². The van der Waals surface area contributed by atoms with Crippen LogP contribution in [0.15, 0.2) is 42.6 Å². The SMILES string of the molecule is Cl.O=C(Cc1ccc(Cl)cc1Cl)N(Cc1ccccn1)C1CCCNCC1. The summed E-state index contributed by atoms with van der Waals surface area (Å²) in [6, 6.07) is 11.3. The molecule has 0 bridgehead atoms. The van der Waals surface area contributed by atoms with Crippen molar-refractivity contribution in [3.05, 3.63) is 63.9 Å². The molecule has 27 heavy (non-hydrogen) atoms. The molecular weight excluding hydrogens is 405 g/mol. The van der Waals surface area contributed by atoms with Gasteiger partial charge in [-0.25, -0.2) is 0 Å². The van der Waals surface area contributed by atoms with E-state index in [-0.39, 0.29) is 30.8 Å². The molecule has 1 N–H and O–H groups in total. The van der Waals surface area contributed by atoms with Crippen molar-refractivity contribution in [1.29, 1.82) is 0 Å². The van der Waals surface area contributed by atoms with Crippen LogP contribution in [0.2, 0.25) is 10.0 Å². The van der Waals surface area contributed by atoms with Crippen molar-refractivity contribution in [1.82, 2.24) is 15.2 Å². The normalized spacial score (nSPS) is 16.9. The zero-order valence-corrected chi connectivity index (χ0v) is 17.4. The maximum absolute atomic E-state index is 13.2. The number of carbonyl (C=O) groups is 1. The Hall–Kier alpha value is -1.33. The predicted molar refractivity (Wildman–Crippen MR) is 113 cm³/mol. The number of nitrogens with zero attached hydrogens (tertiary/aromatic N) is 2. The van der Waals surface area contributed by atoms with E-state index in [0.717, 1.165) is 43.6 Å². The second-order valence-corrected chi connectivity index (χ2v) is 7.43. The summed E-state index contributed by atoms with van der Waals surface area (Å²) in [5.41, 5.74) is 1.71. The van der Waals surface area contributed by atoms with E-state index in [4.69, 9.17) is 23.2 Å². The Bertz CT molecular complexity index is 735. The van der Waals surface area contributed by atoms with Gasteiger partial charge >= 0.3 is 0 Å². The number of benzene rings is 1. The maximum atomic E-state index is 13.2. The van der Waals surface area contributed by atoms with E-state index < -0.39 is 0 Å². The topological polar surface area (TPSA) is 45.2 Å². The highest BCUT2D eigenvalue weighted by Gasteiger charge is 2.25. The summed E-state index contributed by atoms with van der Waals surface area (Å²) in [4.78, 5) is 19.5. The minimum Gasteiger partial charge on any atom is -0.333 e. The molecule has 0 saturated carbocycles. The average Bonchev–Trinajstić information content (AvgIpc) is 2.92. The third-order valence-electron chi connectivity index (χ3n) is 4.72. The maximum Gasteiger partial charge on any atom is 0.227 e. The van der Waals surface area contributed by atoms with Gasteiger partial charge in [0.05, 0.1) is 18.7 Å². The predicted octanol–water partition coefficient (Wildman–Crippen LogP) is 4.52. The van der Waals surface area contributed by atoms with Crippen molar-refractivity contribution < 1.29 is 4.79 Å². The number of rotatable bonds is 5. The zero-order valence-electron chi connectivity index (χ0n) is 15.0. The second kappa shape index (κ2) is 10.9. The van der Waals surface area contributed by atoms with Crippen LogP contribution in [0.25, 0.3) is 0 Å². The highest BCUT2D eigenvalue weighted by molar-refractivity contribution is 6.35. The molecule has 146 valence electrons. The van der Waals surface area contributed by atoms with Crippen LogP contribution in [0.1, 0.15) is 30.5 Å². The first kappa shape index (κ1) is 22.0. The third-order valence-corrected chi connectivity index (χ3v) is 5.31. The third kappa shape index (κ3) is 6.35. The fourth-order valence-electron chi connectivity index (χ4n) is 3.33. The van der Waals surface area contributed by atoms with Gasteiger partial charge in [0, 0.05) is 22.3 Å². The van der Waals surface area contributed by atoms with Gasteiger partial charge in [0.2, 0.25) is 5.91 Å². The molecule has 0 radical (unpaired) electrons. The van der Waals surface area contributed by atoms with Crippen molar-refractivity contribution in [3.8, 4) is 0 Å². The number of hydrogen-bond donors (Lipinski definition) is 1. The van der Waals surface area contributed by atoms with E-state index >= 15 is 0 Å². The molecule has 1 aromatic heterocycles.